The first-order chi connectivity index (χ1) is 8.90. The highest BCUT2D eigenvalue weighted by Gasteiger charge is 2.28. The van der Waals surface area contributed by atoms with E-state index in [2.05, 4.69) is 29.8 Å². The van der Waals surface area contributed by atoms with Gasteiger partial charge in [0.1, 0.15) is 0 Å². The highest BCUT2D eigenvalue weighted by Crippen LogP contribution is 2.36. The summed E-state index contributed by atoms with van der Waals surface area (Å²) in [5, 5.41) is 11.4. The largest absolute Gasteiger partial charge is 0.385 e. The fourth-order valence-electron chi connectivity index (χ4n) is 2.54. The molecule has 0 aromatic heterocycles. The van der Waals surface area contributed by atoms with Crippen LogP contribution in [0.2, 0.25) is 5.02 Å². The van der Waals surface area contributed by atoms with Crippen molar-refractivity contribution < 1.29 is 5.11 Å². The summed E-state index contributed by atoms with van der Waals surface area (Å²) < 4.78 is 0.940. The van der Waals surface area contributed by atoms with Gasteiger partial charge < -0.3 is 5.11 Å². The molecule has 0 bridgehead atoms. The second-order valence-corrected chi connectivity index (χ2v) is 6.84. The van der Waals surface area contributed by atoms with Gasteiger partial charge in [0.15, 0.2) is 0 Å². The van der Waals surface area contributed by atoms with Gasteiger partial charge in [-0.15, -0.1) is 0 Å². The molecular weight excluding hydrogens is 324 g/mol. The predicted molar refractivity (Wildman–Crippen MR) is 86.6 cm³/mol. The summed E-state index contributed by atoms with van der Waals surface area (Å²) in [6, 6.07) is 5.69. The molecule has 1 nitrogen and oxygen atoms in total. The van der Waals surface area contributed by atoms with Gasteiger partial charge in [0.05, 0.1) is 5.60 Å². The second kappa shape index (κ2) is 7.66. The van der Waals surface area contributed by atoms with Gasteiger partial charge in [0.25, 0.3) is 0 Å². The molecule has 0 aliphatic rings. The SMILES string of the molecule is CCCCC(CC)CC(C)(O)c1ccc(Br)cc1Cl. The van der Waals surface area contributed by atoms with Gasteiger partial charge in [0.2, 0.25) is 0 Å². The van der Waals surface area contributed by atoms with E-state index in [1.165, 1.54) is 19.3 Å². The van der Waals surface area contributed by atoms with Crippen LogP contribution in [0.15, 0.2) is 22.7 Å². The maximum atomic E-state index is 10.8. The lowest BCUT2D eigenvalue weighted by Gasteiger charge is -2.29. The van der Waals surface area contributed by atoms with Crippen LogP contribution in [0, 0.1) is 5.92 Å². The van der Waals surface area contributed by atoms with Crippen LogP contribution in [0.5, 0.6) is 0 Å². The molecule has 0 aliphatic heterocycles. The molecule has 1 aromatic rings. The predicted octanol–water partition coefficient (Wildman–Crippen LogP) is 5.92. The van der Waals surface area contributed by atoms with E-state index in [1.54, 1.807) is 0 Å². The van der Waals surface area contributed by atoms with Gasteiger partial charge in [-0.3, -0.25) is 0 Å². The molecule has 1 aromatic carbocycles. The zero-order valence-electron chi connectivity index (χ0n) is 12.0. The quantitative estimate of drug-likeness (QED) is 0.649. The molecule has 0 radical (unpaired) electrons. The number of rotatable bonds is 7. The highest BCUT2D eigenvalue weighted by atomic mass is 79.9. The molecular formula is C16H24BrClO. The molecule has 0 heterocycles. The van der Waals surface area contributed by atoms with Crippen LogP contribution in [-0.2, 0) is 5.60 Å². The average molecular weight is 348 g/mol. The van der Waals surface area contributed by atoms with Crippen LogP contribution < -0.4 is 0 Å². The van der Waals surface area contributed by atoms with E-state index in [9.17, 15) is 5.11 Å². The second-order valence-electron chi connectivity index (χ2n) is 5.52. The third kappa shape index (κ3) is 5.09. The van der Waals surface area contributed by atoms with E-state index in [-0.39, 0.29) is 0 Å². The molecule has 2 atom stereocenters. The van der Waals surface area contributed by atoms with Crippen LogP contribution in [-0.4, -0.2) is 5.11 Å². The number of unbranched alkanes of at least 4 members (excludes halogenated alkanes) is 1. The van der Waals surface area contributed by atoms with E-state index in [0.29, 0.717) is 10.9 Å². The molecule has 0 amide bonds. The number of aliphatic hydroxyl groups is 1. The van der Waals surface area contributed by atoms with E-state index in [1.807, 2.05) is 25.1 Å². The minimum absolute atomic E-state index is 0.551. The molecule has 1 rings (SSSR count). The monoisotopic (exact) mass is 346 g/mol. The Morgan fingerprint density at radius 2 is 2.05 bits per heavy atom. The number of halogens is 2. The molecule has 0 saturated carbocycles. The molecule has 0 spiro atoms. The molecule has 108 valence electrons. The van der Waals surface area contributed by atoms with E-state index < -0.39 is 5.60 Å². The van der Waals surface area contributed by atoms with Crippen molar-refractivity contribution in [1.82, 2.24) is 0 Å². The molecule has 2 unspecified atom stereocenters. The lowest BCUT2D eigenvalue weighted by Crippen LogP contribution is -2.25. The third-order valence-electron chi connectivity index (χ3n) is 3.74. The summed E-state index contributed by atoms with van der Waals surface area (Å²) in [6.07, 6.45) is 5.48. The summed E-state index contributed by atoms with van der Waals surface area (Å²) in [4.78, 5) is 0. The van der Waals surface area contributed by atoms with Crippen molar-refractivity contribution in [3.8, 4) is 0 Å². The Morgan fingerprint density at radius 3 is 2.58 bits per heavy atom. The van der Waals surface area contributed by atoms with E-state index >= 15 is 0 Å². The maximum Gasteiger partial charge on any atom is 0.0885 e. The first-order valence-electron chi connectivity index (χ1n) is 7.08. The molecule has 3 heteroatoms. The minimum Gasteiger partial charge on any atom is -0.385 e. The van der Waals surface area contributed by atoms with Gasteiger partial charge in [-0.05, 0) is 31.4 Å². The Hall–Kier alpha value is -0.0500. The van der Waals surface area contributed by atoms with Crippen molar-refractivity contribution >= 4 is 27.5 Å². The Morgan fingerprint density at radius 1 is 1.37 bits per heavy atom. The lowest BCUT2D eigenvalue weighted by atomic mass is 9.83. The summed E-state index contributed by atoms with van der Waals surface area (Å²) in [7, 11) is 0. The number of hydrogen-bond acceptors (Lipinski definition) is 1. The Kier molecular flexibility index (Phi) is 6.85. The topological polar surface area (TPSA) is 20.2 Å². The first-order valence-corrected chi connectivity index (χ1v) is 8.25. The van der Waals surface area contributed by atoms with Gasteiger partial charge in [-0.1, -0.05) is 73.1 Å². The normalized spacial score (nSPS) is 16.1. The van der Waals surface area contributed by atoms with Crippen LogP contribution in [0.3, 0.4) is 0 Å². The molecule has 0 fully saturated rings. The van der Waals surface area contributed by atoms with Gasteiger partial charge >= 0.3 is 0 Å². The van der Waals surface area contributed by atoms with Crippen molar-refractivity contribution in [3.63, 3.8) is 0 Å². The standard InChI is InChI=1S/C16H24BrClO/c1-4-6-7-12(5-2)11-16(3,19)14-9-8-13(17)10-15(14)18/h8-10,12,19H,4-7,11H2,1-3H3. The zero-order valence-corrected chi connectivity index (χ0v) is 14.4. The van der Waals surface area contributed by atoms with Crippen LogP contribution >= 0.6 is 27.5 Å². The van der Waals surface area contributed by atoms with E-state index in [4.69, 9.17) is 11.6 Å². The van der Waals surface area contributed by atoms with Crippen molar-refractivity contribution in [2.24, 2.45) is 5.92 Å². The summed E-state index contributed by atoms with van der Waals surface area (Å²) in [5.74, 6) is 0.551. The van der Waals surface area contributed by atoms with Crippen molar-refractivity contribution in [2.45, 2.75) is 58.5 Å². The average Bonchev–Trinajstić information content (AvgIpc) is 2.33. The number of benzene rings is 1. The molecule has 0 saturated heterocycles. The molecule has 1 N–H and O–H groups in total. The summed E-state index contributed by atoms with van der Waals surface area (Å²) in [5.41, 5.74) is -0.0287. The van der Waals surface area contributed by atoms with Gasteiger partial charge in [-0.2, -0.15) is 0 Å². The fraction of sp³-hybridized carbons (Fsp3) is 0.625. The zero-order chi connectivity index (χ0) is 14.5. The Balaban J connectivity index is 2.83. The smallest absolute Gasteiger partial charge is 0.0885 e. The van der Waals surface area contributed by atoms with Crippen molar-refractivity contribution in [1.29, 1.82) is 0 Å². The minimum atomic E-state index is -0.855. The van der Waals surface area contributed by atoms with Gasteiger partial charge in [-0.25, -0.2) is 0 Å². The first kappa shape index (κ1) is 17.0. The Labute approximate surface area is 130 Å². The molecule has 19 heavy (non-hydrogen) atoms. The number of hydrogen-bond donors (Lipinski definition) is 1. The van der Waals surface area contributed by atoms with E-state index in [0.717, 1.165) is 22.9 Å². The lowest BCUT2D eigenvalue weighted by molar-refractivity contribution is 0.0276. The van der Waals surface area contributed by atoms with Crippen LogP contribution in [0.1, 0.15) is 58.4 Å². The highest BCUT2D eigenvalue weighted by molar-refractivity contribution is 9.10. The summed E-state index contributed by atoms with van der Waals surface area (Å²) in [6.45, 7) is 6.27. The van der Waals surface area contributed by atoms with Crippen molar-refractivity contribution in [3.05, 3.63) is 33.3 Å². The van der Waals surface area contributed by atoms with Gasteiger partial charge in [0, 0.05) is 15.1 Å². The maximum absolute atomic E-state index is 10.8. The van der Waals surface area contributed by atoms with Crippen LogP contribution in [0.4, 0.5) is 0 Å². The third-order valence-corrected chi connectivity index (χ3v) is 4.55. The molecule has 0 aliphatic carbocycles. The van der Waals surface area contributed by atoms with Crippen LogP contribution in [0.25, 0.3) is 0 Å². The fourth-order valence-corrected chi connectivity index (χ4v) is 3.42. The Bertz CT molecular complexity index is 404. The summed E-state index contributed by atoms with van der Waals surface area (Å²) >= 11 is 9.65. The van der Waals surface area contributed by atoms with Crippen molar-refractivity contribution in [2.75, 3.05) is 0 Å².